The van der Waals surface area contributed by atoms with E-state index in [9.17, 15) is 4.79 Å². The average Bonchev–Trinajstić information content (AvgIpc) is 2.41. The Bertz CT molecular complexity index is 436. The van der Waals surface area contributed by atoms with Gasteiger partial charge in [0.15, 0.2) is 6.10 Å². The first-order valence-electron chi connectivity index (χ1n) is 6.82. The van der Waals surface area contributed by atoms with Crippen molar-refractivity contribution in [2.75, 3.05) is 19.6 Å². The zero-order valence-corrected chi connectivity index (χ0v) is 13.1. The molecule has 1 aromatic rings. The number of hydrogen-bond acceptors (Lipinski definition) is 3. The topological polar surface area (TPSA) is 41.6 Å². The Hall–Kier alpha value is -1.26. The molecule has 112 valence electrons. The summed E-state index contributed by atoms with van der Waals surface area (Å²) in [5.41, 5.74) is 1.18. The normalized spacial score (nSPS) is 19.9. The molecule has 0 saturated carbocycles. The fourth-order valence-corrected chi connectivity index (χ4v) is 2.27. The van der Waals surface area contributed by atoms with Gasteiger partial charge in [0.1, 0.15) is 5.75 Å². The first-order valence-corrected chi connectivity index (χ1v) is 6.82. The van der Waals surface area contributed by atoms with E-state index in [1.54, 1.807) is 0 Å². The first-order chi connectivity index (χ1) is 9.08. The van der Waals surface area contributed by atoms with Gasteiger partial charge in [0, 0.05) is 25.7 Å². The number of hydrogen-bond donors (Lipinski definition) is 1. The van der Waals surface area contributed by atoms with Gasteiger partial charge in [0.25, 0.3) is 5.91 Å². The third-order valence-electron chi connectivity index (χ3n) is 3.47. The van der Waals surface area contributed by atoms with E-state index < -0.39 is 6.10 Å². The van der Waals surface area contributed by atoms with Crippen LogP contribution in [0.2, 0.25) is 0 Å². The molecule has 0 bridgehead atoms. The van der Waals surface area contributed by atoms with Gasteiger partial charge in [-0.05, 0) is 32.9 Å². The van der Waals surface area contributed by atoms with E-state index in [0.29, 0.717) is 0 Å². The molecule has 5 heteroatoms. The lowest BCUT2D eigenvalue weighted by atomic mass is 10.2. The minimum absolute atomic E-state index is 0. The number of aryl methyl sites for hydroxylation is 1. The number of benzene rings is 1. The maximum atomic E-state index is 12.4. The van der Waals surface area contributed by atoms with Crippen LogP contribution in [0.25, 0.3) is 0 Å². The molecule has 1 aromatic carbocycles. The van der Waals surface area contributed by atoms with Crippen molar-refractivity contribution in [2.45, 2.75) is 32.9 Å². The molecule has 4 nitrogen and oxygen atoms in total. The molecule has 20 heavy (non-hydrogen) atoms. The highest BCUT2D eigenvalue weighted by Crippen LogP contribution is 2.15. The zero-order valence-electron chi connectivity index (χ0n) is 12.3. The molecule has 0 radical (unpaired) electrons. The van der Waals surface area contributed by atoms with Crippen molar-refractivity contribution in [1.29, 1.82) is 0 Å². The summed E-state index contributed by atoms with van der Waals surface area (Å²) in [7, 11) is 0. The summed E-state index contributed by atoms with van der Waals surface area (Å²) >= 11 is 0. The smallest absolute Gasteiger partial charge is 0.263 e. The molecule has 1 aliphatic heterocycles. The standard InChI is InChI=1S/C15H22N2O2.ClH/c1-11-4-6-14(7-5-11)19-13(3)15(18)17-9-8-16-10-12(17)2;/h4-7,12-13,16H,8-10H2,1-3H3;1H/t12-,13?;/m1./s1. The first kappa shape index (κ1) is 16.8. The molecule has 2 rings (SSSR count). The maximum absolute atomic E-state index is 12.4. The van der Waals surface area contributed by atoms with Crippen molar-refractivity contribution < 1.29 is 9.53 Å². The number of carbonyl (C=O) groups is 1. The number of nitrogens with zero attached hydrogens (tertiary/aromatic N) is 1. The molecule has 1 saturated heterocycles. The monoisotopic (exact) mass is 298 g/mol. The molecule has 1 heterocycles. The Balaban J connectivity index is 0.00000200. The van der Waals surface area contributed by atoms with Crippen LogP contribution in [0.4, 0.5) is 0 Å². The van der Waals surface area contributed by atoms with Crippen molar-refractivity contribution in [3.05, 3.63) is 29.8 Å². The summed E-state index contributed by atoms with van der Waals surface area (Å²) in [5.74, 6) is 0.809. The third kappa shape index (κ3) is 4.12. The maximum Gasteiger partial charge on any atom is 0.263 e. The van der Waals surface area contributed by atoms with Crippen LogP contribution in [-0.2, 0) is 4.79 Å². The fraction of sp³-hybridized carbons (Fsp3) is 0.533. The average molecular weight is 299 g/mol. The van der Waals surface area contributed by atoms with E-state index in [2.05, 4.69) is 12.2 Å². The van der Waals surface area contributed by atoms with Crippen LogP contribution in [0.5, 0.6) is 5.75 Å². The number of halogens is 1. The van der Waals surface area contributed by atoms with Crippen LogP contribution in [0.15, 0.2) is 24.3 Å². The highest BCUT2D eigenvalue weighted by molar-refractivity contribution is 5.85. The van der Waals surface area contributed by atoms with Gasteiger partial charge in [-0.15, -0.1) is 12.4 Å². The summed E-state index contributed by atoms with van der Waals surface area (Å²) in [6.45, 7) is 8.36. The summed E-state index contributed by atoms with van der Waals surface area (Å²) in [4.78, 5) is 14.3. The number of amides is 1. The minimum atomic E-state index is -0.441. The summed E-state index contributed by atoms with van der Waals surface area (Å²) in [5, 5.41) is 3.28. The van der Waals surface area contributed by atoms with Gasteiger partial charge in [-0.3, -0.25) is 4.79 Å². The number of ether oxygens (including phenoxy) is 1. The van der Waals surface area contributed by atoms with Gasteiger partial charge < -0.3 is 15.0 Å². The molecule has 1 N–H and O–H groups in total. The second-order valence-corrected chi connectivity index (χ2v) is 5.16. The molecule has 1 aliphatic rings. The minimum Gasteiger partial charge on any atom is -0.481 e. The molecule has 1 unspecified atom stereocenters. The van der Waals surface area contributed by atoms with Gasteiger partial charge >= 0.3 is 0 Å². The number of piperazine rings is 1. The molecule has 0 spiro atoms. The predicted octanol–water partition coefficient (Wildman–Crippen LogP) is 2.00. The van der Waals surface area contributed by atoms with Gasteiger partial charge in [0.2, 0.25) is 0 Å². The highest BCUT2D eigenvalue weighted by atomic mass is 35.5. The Labute approximate surface area is 126 Å². The second kappa shape index (κ2) is 7.50. The van der Waals surface area contributed by atoms with Crippen molar-refractivity contribution in [1.82, 2.24) is 10.2 Å². The molecule has 2 atom stereocenters. The molecule has 1 amide bonds. The third-order valence-corrected chi connectivity index (χ3v) is 3.47. The number of carbonyl (C=O) groups excluding carboxylic acids is 1. The van der Waals surface area contributed by atoms with Crippen LogP contribution in [0.1, 0.15) is 19.4 Å². The molecule has 0 aromatic heterocycles. The summed E-state index contributed by atoms with van der Waals surface area (Å²) in [6.07, 6.45) is -0.441. The van der Waals surface area contributed by atoms with E-state index >= 15 is 0 Å². The van der Waals surface area contributed by atoms with E-state index in [0.717, 1.165) is 25.4 Å². The van der Waals surface area contributed by atoms with Crippen LogP contribution in [0, 0.1) is 6.92 Å². The van der Waals surface area contributed by atoms with Gasteiger partial charge in [0.05, 0.1) is 0 Å². The molecular weight excluding hydrogens is 276 g/mol. The quantitative estimate of drug-likeness (QED) is 0.928. The Morgan fingerprint density at radius 2 is 2.05 bits per heavy atom. The number of rotatable bonds is 3. The fourth-order valence-electron chi connectivity index (χ4n) is 2.27. The lowest BCUT2D eigenvalue weighted by Gasteiger charge is -2.35. The molecule has 1 fully saturated rings. The Kier molecular flexibility index (Phi) is 6.30. The van der Waals surface area contributed by atoms with E-state index in [4.69, 9.17) is 4.74 Å². The second-order valence-electron chi connectivity index (χ2n) is 5.16. The van der Waals surface area contributed by atoms with Crippen molar-refractivity contribution in [3.8, 4) is 5.75 Å². The van der Waals surface area contributed by atoms with Crippen LogP contribution in [-0.4, -0.2) is 42.6 Å². The van der Waals surface area contributed by atoms with E-state index in [1.165, 1.54) is 5.56 Å². The number of nitrogens with one attached hydrogen (secondary N) is 1. The van der Waals surface area contributed by atoms with Crippen LogP contribution in [0.3, 0.4) is 0 Å². The SMILES string of the molecule is Cc1ccc(OC(C)C(=O)N2CCNC[C@H]2C)cc1.Cl. The summed E-state index contributed by atoms with van der Waals surface area (Å²) < 4.78 is 5.72. The summed E-state index contributed by atoms with van der Waals surface area (Å²) in [6, 6.07) is 8.01. The Morgan fingerprint density at radius 3 is 2.65 bits per heavy atom. The Morgan fingerprint density at radius 1 is 1.40 bits per heavy atom. The molecule has 0 aliphatic carbocycles. The van der Waals surface area contributed by atoms with Crippen molar-refractivity contribution >= 4 is 18.3 Å². The highest BCUT2D eigenvalue weighted by Gasteiger charge is 2.27. The lowest BCUT2D eigenvalue weighted by Crippen LogP contribution is -2.55. The predicted molar refractivity (Wildman–Crippen MR) is 82.6 cm³/mol. The largest absolute Gasteiger partial charge is 0.481 e. The van der Waals surface area contributed by atoms with E-state index in [-0.39, 0.29) is 24.4 Å². The van der Waals surface area contributed by atoms with Gasteiger partial charge in [-0.1, -0.05) is 17.7 Å². The van der Waals surface area contributed by atoms with E-state index in [1.807, 2.05) is 43.0 Å². The lowest BCUT2D eigenvalue weighted by molar-refractivity contribution is -0.140. The van der Waals surface area contributed by atoms with Crippen molar-refractivity contribution in [2.24, 2.45) is 0 Å². The van der Waals surface area contributed by atoms with Crippen molar-refractivity contribution in [3.63, 3.8) is 0 Å². The van der Waals surface area contributed by atoms with Crippen LogP contribution >= 0.6 is 12.4 Å². The molecular formula is C15H23ClN2O2. The van der Waals surface area contributed by atoms with Gasteiger partial charge in [-0.25, -0.2) is 0 Å². The zero-order chi connectivity index (χ0) is 13.8. The van der Waals surface area contributed by atoms with Gasteiger partial charge in [-0.2, -0.15) is 0 Å². The van der Waals surface area contributed by atoms with Crippen LogP contribution < -0.4 is 10.1 Å².